The van der Waals surface area contributed by atoms with E-state index in [4.69, 9.17) is 4.74 Å². The van der Waals surface area contributed by atoms with Crippen LogP contribution in [-0.2, 0) is 0 Å². The van der Waals surface area contributed by atoms with Gasteiger partial charge >= 0.3 is 0 Å². The fraction of sp³-hybridized carbons (Fsp3) is 0.0556. The van der Waals surface area contributed by atoms with Gasteiger partial charge in [0.15, 0.2) is 0 Å². The highest BCUT2D eigenvalue weighted by atomic mass is 16.5. The molecule has 0 spiro atoms. The number of hydrogen-bond donors (Lipinski definition) is 1. The van der Waals surface area contributed by atoms with Crippen LogP contribution < -0.4 is 10.3 Å². The predicted octanol–water partition coefficient (Wildman–Crippen LogP) is 2.78. The fourth-order valence-corrected chi connectivity index (χ4v) is 2.59. The van der Waals surface area contributed by atoms with Crippen molar-refractivity contribution in [2.24, 2.45) is 0 Å². The third kappa shape index (κ3) is 2.44. The topological polar surface area (TPSA) is 72.8 Å². The summed E-state index contributed by atoms with van der Waals surface area (Å²) in [6.45, 7) is 0. The van der Waals surface area contributed by atoms with Crippen molar-refractivity contribution in [3.63, 3.8) is 0 Å². The number of benzene rings is 2. The first-order chi connectivity index (χ1) is 11.7. The quantitative estimate of drug-likeness (QED) is 0.630. The van der Waals surface area contributed by atoms with E-state index >= 15 is 0 Å². The number of aromatic nitrogens is 4. The smallest absolute Gasteiger partial charge is 0.260 e. The molecule has 6 nitrogen and oxygen atoms in total. The standard InChI is InChI=1S/C18H14N4O2/c1-24-14-6-3-12(4-7-14)13-5-8-16-15(11-13)17(23)21-18(20-16)22-10-2-9-19-22/h2-11H,1H3,(H,20,21,23). The zero-order chi connectivity index (χ0) is 16.5. The van der Waals surface area contributed by atoms with Crippen molar-refractivity contribution in [2.75, 3.05) is 7.11 Å². The van der Waals surface area contributed by atoms with Gasteiger partial charge in [0.1, 0.15) is 5.75 Å². The molecule has 2 aromatic heterocycles. The first-order valence-corrected chi connectivity index (χ1v) is 7.43. The minimum atomic E-state index is -0.194. The molecule has 0 unspecified atom stereocenters. The van der Waals surface area contributed by atoms with Gasteiger partial charge in [0.05, 0.1) is 18.0 Å². The Morgan fingerprint density at radius 3 is 2.58 bits per heavy atom. The van der Waals surface area contributed by atoms with E-state index in [2.05, 4.69) is 15.1 Å². The van der Waals surface area contributed by atoms with Gasteiger partial charge in [-0.3, -0.25) is 9.78 Å². The minimum Gasteiger partial charge on any atom is -0.497 e. The molecule has 0 aliphatic heterocycles. The molecule has 0 bridgehead atoms. The van der Waals surface area contributed by atoms with E-state index in [-0.39, 0.29) is 5.56 Å². The Balaban J connectivity index is 1.82. The van der Waals surface area contributed by atoms with Crippen molar-refractivity contribution < 1.29 is 4.74 Å². The number of fused-ring (bicyclic) bond motifs is 1. The molecule has 0 atom stereocenters. The monoisotopic (exact) mass is 318 g/mol. The van der Waals surface area contributed by atoms with Crippen LogP contribution in [0.2, 0.25) is 0 Å². The molecule has 0 saturated carbocycles. The molecule has 0 aliphatic rings. The third-order valence-electron chi connectivity index (χ3n) is 3.84. The van der Waals surface area contributed by atoms with Gasteiger partial charge in [0.2, 0.25) is 5.95 Å². The second-order valence-corrected chi connectivity index (χ2v) is 5.30. The molecule has 0 saturated heterocycles. The molecule has 118 valence electrons. The number of H-pyrrole nitrogens is 1. The van der Waals surface area contributed by atoms with Crippen LogP contribution >= 0.6 is 0 Å². The Hall–Kier alpha value is -3.41. The maximum atomic E-state index is 12.4. The normalized spacial score (nSPS) is 10.9. The molecule has 0 radical (unpaired) electrons. The highest BCUT2D eigenvalue weighted by Crippen LogP contribution is 2.24. The van der Waals surface area contributed by atoms with Crippen LogP contribution in [0.25, 0.3) is 28.0 Å². The van der Waals surface area contributed by atoms with E-state index in [9.17, 15) is 4.79 Å². The zero-order valence-electron chi connectivity index (χ0n) is 12.9. The van der Waals surface area contributed by atoms with Gasteiger partial charge in [-0.15, -0.1) is 0 Å². The minimum absolute atomic E-state index is 0.194. The molecule has 1 N–H and O–H groups in total. The fourth-order valence-electron chi connectivity index (χ4n) is 2.59. The van der Waals surface area contributed by atoms with E-state index in [0.29, 0.717) is 16.9 Å². The Morgan fingerprint density at radius 2 is 1.88 bits per heavy atom. The largest absolute Gasteiger partial charge is 0.497 e. The summed E-state index contributed by atoms with van der Waals surface area (Å²) in [5.74, 6) is 1.19. The molecule has 0 aliphatic carbocycles. The van der Waals surface area contributed by atoms with Gasteiger partial charge < -0.3 is 4.74 Å². The third-order valence-corrected chi connectivity index (χ3v) is 3.84. The molecular formula is C18H14N4O2. The summed E-state index contributed by atoms with van der Waals surface area (Å²) >= 11 is 0. The molecule has 4 aromatic rings. The maximum Gasteiger partial charge on any atom is 0.260 e. The number of rotatable bonds is 3. The highest BCUT2D eigenvalue weighted by molar-refractivity contribution is 5.84. The summed E-state index contributed by atoms with van der Waals surface area (Å²) in [4.78, 5) is 19.7. The lowest BCUT2D eigenvalue weighted by molar-refractivity contribution is 0.415. The number of nitrogens with one attached hydrogen (secondary N) is 1. The lowest BCUT2D eigenvalue weighted by atomic mass is 10.0. The summed E-state index contributed by atoms with van der Waals surface area (Å²) < 4.78 is 6.70. The molecule has 2 heterocycles. The highest BCUT2D eigenvalue weighted by Gasteiger charge is 2.08. The first-order valence-electron chi connectivity index (χ1n) is 7.43. The molecule has 24 heavy (non-hydrogen) atoms. The second kappa shape index (κ2) is 5.66. The lowest BCUT2D eigenvalue weighted by Crippen LogP contribution is -2.13. The average Bonchev–Trinajstić information content (AvgIpc) is 3.16. The van der Waals surface area contributed by atoms with Gasteiger partial charge in [-0.25, -0.2) is 9.67 Å². The van der Waals surface area contributed by atoms with Crippen molar-refractivity contribution in [1.29, 1.82) is 0 Å². The Morgan fingerprint density at radius 1 is 1.08 bits per heavy atom. The van der Waals surface area contributed by atoms with Crippen LogP contribution in [0.1, 0.15) is 0 Å². The maximum absolute atomic E-state index is 12.4. The number of nitrogens with zero attached hydrogens (tertiary/aromatic N) is 3. The van der Waals surface area contributed by atoms with Gasteiger partial charge in [-0.1, -0.05) is 18.2 Å². The zero-order valence-corrected chi connectivity index (χ0v) is 12.9. The summed E-state index contributed by atoms with van der Waals surface area (Å²) in [6.07, 6.45) is 3.37. The van der Waals surface area contributed by atoms with Crippen LogP contribution in [0.4, 0.5) is 0 Å². The van der Waals surface area contributed by atoms with Gasteiger partial charge in [-0.05, 0) is 41.5 Å². The average molecular weight is 318 g/mol. The lowest BCUT2D eigenvalue weighted by Gasteiger charge is -2.06. The van der Waals surface area contributed by atoms with E-state index < -0.39 is 0 Å². The van der Waals surface area contributed by atoms with Crippen molar-refractivity contribution in [3.8, 4) is 22.8 Å². The number of aromatic amines is 1. The predicted molar refractivity (Wildman–Crippen MR) is 91.5 cm³/mol. The van der Waals surface area contributed by atoms with E-state index in [0.717, 1.165) is 16.9 Å². The number of hydrogen-bond acceptors (Lipinski definition) is 4. The summed E-state index contributed by atoms with van der Waals surface area (Å²) in [6, 6.07) is 15.1. The Labute approximate surface area is 137 Å². The van der Waals surface area contributed by atoms with Crippen molar-refractivity contribution >= 4 is 10.9 Å². The van der Waals surface area contributed by atoms with Crippen LogP contribution in [0, 0.1) is 0 Å². The Kier molecular flexibility index (Phi) is 3.35. The van der Waals surface area contributed by atoms with Crippen molar-refractivity contribution in [1.82, 2.24) is 19.7 Å². The molecule has 6 heteroatoms. The van der Waals surface area contributed by atoms with Crippen LogP contribution in [-0.4, -0.2) is 26.9 Å². The molecule has 0 fully saturated rings. The van der Waals surface area contributed by atoms with Crippen molar-refractivity contribution in [3.05, 3.63) is 71.3 Å². The van der Waals surface area contributed by atoms with Gasteiger partial charge in [-0.2, -0.15) is 5.10 Å². The Bertz CT molecular complexity index is 1050. The van der Waals surface area contributed by atoms with E-state index in [1.54, 1.807) is 25.6 Å². The molecule has 0 amide bonds. The van der Waals surface area contributed by atoms with E-state index in [1.165, 1.54) is 4.68 Å². The van der Waals surface area contributed by atoms with Crippen molar-refractivity contribution in [2.45, 2.75) is 0 Å². The van der Waals surface area contributed by atoms with Crippen LogP contribution in [0.5, 0.6) is 5.75 Å². The number of methoxy groups -OCH3 is 1. The number of ether oxygens (including phenoxy) is 1. The van der Waals surface area contributed by atoms with Crippen LogP contribution in [0.15, 0.2) is 65.7 Å². The van der Waals surface area contributed by atoms with Crippen LogP contribution in [0.3, 0.4) is 0 Å². The van der Waals surface area contributed by atoms with Gasteiger partial charge in [0.25, 0.3) is 5.56 Å². The second-order valence-electron chi connectivity index (χ2n) is 5.30. The first kappa shape index (κ1) is 14.2. The molecule has 4 rings (SSSR count). The molecule has 2 aromatic carbocycles. The summed E-state index contributed by atoms with van der Waals surface area (Å²) in [5.41, 5.74) is 2.39. The SMILES string of the molecule is COc1ccc(-c2ccc3nc(-n4cccn4)[nH]c(=O)c3c2)cc1. The van der Waals surface area contributed by atoms with Gasteiger partial charge in [0, 0.05) is 12.4 Å². The van der Waals surface area contributed by atoms with E-state index in [1.807, 2.05) is 42.5 Å². The summed E-state index contributed by atoms with van der Waals surface area (Å²) in [5, 5.41) is 4.63. The molecular weight excluding hydrogens is 304 g/mol. The summed E-state index contributed by atoms with van der Waals surface area (Å²) in [7, 11) is 1.63.